The van der Waals surface area contributed by atoms with Gasteiger partial charge >= 0.3 is 0 Å². The third-order valence-electron chi connectivity index (χ3n) is 3.36. The summed E-state index contributed by atoms with van der Waals surface area (Å²) in [7, 11) is 3.46. The summed E-state index contributed by atoms with van der Waals surface area (Å²) in [6, 6.07) is 8.68. The SMILES string of the molecule is Cn1cc(NC(=O)c2cc(=O)n(C)c3ccccc23)cn1. The summed E-state index contributed by atoms with van der Waals surface area (Å²) in [5, 5.41) is 7.48. The highest BCUT2D eigenvalue weighted by atomic mass is 16.2. The normalized spacial score (nSPS) is 10.8. The molecular formula is C15H14N4O2. The molecule has 0 fully saturated rings. The van der Waals surface area contributed by atoms with E-state index in [0.717, 1.165) is 10.9 Å². The molecule has 6 heteroatoms. The summed E-state index contributed by atoms with van der Waals surface area (Å²) >= 11 is 0. The lowest BCUT2D eigenvalue weighted by Crippen LogP contribution is -2.21. The van der Waals surface area contributed by atoms with Gasteiger partial charge in [-0.05, 0) is 6.07 Å². The average molecular weight is 282 g/mol. The second-order valence-electron chi connectivity index (χ2n) is 4.83. The van der Waals surface area contributed by atoms with Crippen molar-refractivity contribution < 1.29 is 4.79 Å². The maximum Gasteiger partial charge on any atom is 0.256 e. The number of nitrogens with zero attached hydrogens (tertiary/aromatic N) is 3. The molecule has 1 amide bonds. The number of carbonyl (C=O) groups excluding carboxylic acids is 1. The number of aryl methyl sites for hydroxylation is 2. The molecule has 0 unspecified atom stereocenters. The molecule has 0 atom stereocenters. The van der Waals surface area contributed by atoms with E-state index in [9.17, 15) is 9.59 Å². The summed E-state index contributed by atoms with van der Waals surface area (Å²) in [4.78, 5) is 24.4. The molecule has 106 valence electrons. The summed E-state index contributed by atoms with van der Waals surface area (Å²) in [5.41, 5.74) is 1.45. The van der Waals surface area contributed by atoms with E-state index in [1.807, 2.05) is 24.3 Å². The topological polar surface area (TPSA) is 68.9 Å². The van der Waals surface area contributed by atoms with Gasteiger partial charge in [-0.2, -0.15) is 5.10 Å². The predicted octanol–water partition coefficient (Wildman–Crippen LogP) is 1.52. The van der Waals surface area contributed by atoms with E-state index in [-0.39, 0.29) is 11.5 Å². The summed E-state index contributed by atoms with van der Waals surface area (Å²) in [6.07, 6.45) is 3.25. The Bertz CT molecular complexity index is 892. The number of hydrogen-bond donors (Lipinski definition) is 1. The van der Waals surface area contributed by atoms with Gasteiger partial charge in [-0.3, -0.25) is 14.3 Å². The fourth-order valence-electron chi connectivity index (χ4n) is 2.28. The van der Waals surface area contributed by atoms with E-state index >= 15 is 0 Å². The van der Waals surface area contributed by atoms with Crippen molar-refractivity contribution in [2.75, 3.05) is 5.32 Å². The van der Waals surface area contributed by atoms with Gasteiger partial charge in [0, 0.05) is 31.7 Å². The minimum Gasteiger partial charge on any atom is -0.319 e. The lowest BCUT2D eigenvalue weighted by molar-refractivity contribution is 0.102. The third kappa shape index (κ3) is 2.31. The van der Waals surface area contributed by atoms with Crippen LogP contribution in [0.3, 0.4) is 0 Å². The molecule has 0 aliphatic carbocycles. The van der Waals surface area contributed by atoms with Crippen molar-refractivity contribution in [2.24, 2.45) is 14.1 Å². The first-order valence-electron chi connectivity index (χ1n) is 6.45. The number of rotatable bonds is 2. The molecule has 3 rings (SSSR count). The van der Waals surface area contributed by atoms with Gasteiger partial charge in [0.25, 0.3) is 11.5 Å². The maximum absolute atomic E-state index is 12.4. The van der Waals surface area contributed by atoms with Crippen LogP contribution in [-0.2, 0) is 14.1 Å². The number of hydrogen-bond acceptors (Lipinski definition) is 3. The summed E-state index contributed by atoms with van der Waals surface area (Å²) in [5.74, 6) is -0.322. The van der Waals surface area contributed by atoms with E-state index in [0.29, 0.717) is 11.3 Å². The third-order valence-corrected chi connectivity index (χ3v) is 3.36. The Morgan fingerprint density at radius 2 is 2.00 bits per heavy atom. The van der Waals surface area contributed by atoms with E-state index in [1.54, 1.807) is 31.2 Å². The molecular weight excluding hydrogens is 268 g/mol. The number of para-hydroxylation sites is 1. The van der Waals surface area contributed by atoms with Crippen molar-refractivity contribution in [1.82, 2.24) is 14.3 Å². The maximum atomic E-state index is 12.4. The highest BCUT2D eigenvalue weighted by molar-refractivity contribution is 6.12. The predicted molar refractivity (Wildman–Crippen MR) is 80.4 cm³/mol. The van der Waals surface area contributed by atoms with Gasteiger partial charge in [-0.1, -0.05) is 18.2 Å². The molecule has 0 saturated carbocycles. The Balaban J connectivity index is 2.09. The second kappa shape index (κ2) is 4.90. The Morgan fingerprint density at radius 3 is 2.71 bits per heavy atom. The van der Waals surface area contributed by atoms with Crippen LogP contribution in [0.15, 0.2) is 47.5 Å². The lowest BCUT2D eigenvalue weighted by Gasteiger charge is -2.09. The minimum atomic E-state index is -0.322. The number of carbonyl (C=O) groups is 1. The number of benzene rings is 1. The van der Waals surface area contributed by atoms with Gasteiger partial charge in [0.15, 0.2) is 0 Å². The van der Waals surface area contributed by atoms with Crippen molar-refractivity contribution >= 4 is 22.5 Å². The zero-order valence-electron chi connectivity index (χ0n) is 11.7. The zero-order valence-corrected chi connectivity index (χ0v) is 11.7. The molecule has 0 aliphatic rings. The number of fused-ring (bicyclic) bond motifs is 1. The van der Waals surface area contributed by atoms with Crippen molar-refractivity contribution in [2.45, 2.75) is 0 Å². The van der Waals surface area contributed by atoms with Crippen molar-refractivity contribution in [3.05, 3.63) is 58.6 Å². The number of aromatic nitrogens is 3. The number of amides is 1. The molecule has 0 aliphatic heterocycles. The summed E-state index contributed by atoms with van der Waals surface area (Å²) in [6.45, 7) is 0. The van der Waals surface area contributed by atoms with E-state index in [4.69, 9.17) is 0 Å². The quantitative estimate of drug-likeness (QED) is 0.775. The van der Waals surface area contributed by atoms with Gasteiger partial charge in [-0.25, -0.2) is 0 Å². The van der Waals surface area contributed by atoms with Gasteiger partial charge in [0.05, 0.1) is 23.0 Å². The van der Waals surface area contributed by atoms with E-state index in [1.165, 1.54) is 10.6 Å². The van der Waals surface area contributed by atoms with Gasteiger partial charge in [0.2, 0.25) is 0 Å². The highest BCUT2D eigenvalue weighted by Crippen LogP contribution is 2.17. The number of nitrogens with one attached hydrogen (secondary N) is 1. The van der Waals surface area contributed by atoms with Gasteiger partial charge < -0.3 is 9.88 Å². The van der Waals surface area contributed by atoms with Gasteiger partial charge in [-0.15, -0.1) is 0 Å². The molecule has 2 heterocycles. The van der Waals surface area contributed by atoms with Crippen LogP contribution in [0.25, 0.3) is 10.9 Å². The molecule has 0 bridgehead atoms. The first kappa shape index (κ1) is 13.1. The van der Waals surface area contributed by atoms with E-state index < -0.39 is 0 Å². The Hall–Kier alpha value is -2.89. The average Bonchev–Trinajstić information content (AvgIpc) is 2.88. The van der Waals surface area contributed by atoms with Crippen LogP contribution in [0.2, 0.25) is 0 Å². The second-order valence-corrected chi connectivity index (χ2v) is 4.83. The van der Waals surface area contributed by atoms with Crippen LogP contribution in [0.5, 0.6) is 0 Å². The standard InChI is InChI=1S/C15H14N4O2/c1-18-9-10(8-16-18)17-15(21)12-7-14(20)19(2)13-6-4-3-5-11(12)13/h3-9H,1-2H3,(H,17,21). The number of pyridine rings is 1. The zero-order chi connectivity index (χ0) is 15.0. The first-order chi connectivity index (χ1) is 10.1. The fraction of sp³-hybridized carbons (Fsp3) is 0.133. The van der Waals surface area contributed by atoms with E-state index in [2.05, 4.69) is 10.4 Å². The van der Waals surface area contributed by atoms with Crippen LogP contribution in [-0.4, -0.2) is 20.3 Å². The molecule has 1 aromatic carbocycles. The molecule has 0 spiro atoms. The molecule has 21 heavy (non-hydrogen) atoms. The minimum absolute atomic E-state index is 0.218. The van der Waals surface area contributed by atoms with Crippen molar-refractivity contribution in [3.8, 4) is 0 Å². The molecule has 1 N–H and O–H groups in total. The Kier molecular flexibility index (Phi) is 3.06. The Morgan fingerprint density at radius 1 is 1.24 bits per heavy atom. The fourth-order valence-corrected chi connectivity index (χ4v) is 2.28. The molecule has 0 saturated heterocycles. The summed E-state index contributed by atoms with van der Waals surface area (Å²) < 4.78 is 3.12. The lowest BCUT2D eigenvalue weighted by atomic mass is 10.1. The first-order valence-corrected chi connectivity index (χ1v) is 6.45. The van der Waals surface area contributed by atoms with Crippen LogP contribution < -0.4 is 10.9 Å². The van der Waals surface area contributed by atoms with Crippen LogP contribution in [0, 0.1) is 0 Å². The molecule has 3 aromatic rings. The largest absolute Gasteiger partial charge is 0.319 e. The number of anilines is 1. The van der Waals surface area contributed by atoms with Crippen LogP contribution in [0.1, 0.15) is 10.4 Å². The van der Waals surface area contributed by atoms with Crippen LogP contribution in [0.4, 0.5) is 5.69 Å². The smallest absolute Gasteiger partial charge is 0.256 e. The van der Waals surface area contributed by atoms with Gasteiger partial charge in [0.1, 0.15) is 0 Å². The van der Waals surface area contributed by atoms with Crippen LogP contribution >= 0.6 is 0 Å². The highest BCUT2D eigenvalue weighted by Gasteiger charge is 2.14. The van der Waals surface area contributed by atoms with Crippen molar-refractivity contribution in [1.29, 1.82) is 0 Å². The molecule has 6 nitrogen and oxygen atoms in total. The van der Waals surface area contributed by atoms with Crippen molar-refractivity contribution in [3.63, 3.8) is 0 Å². The molecule has 2 aromatic heterocycles. The monoisotopic (exact) mass is 282 g/mol. The Labute approximate surface area is 120 Å². The molecule has 0 radical (unpaired) electrons.